The van der Waals surface area contributed by atoms with Crippen LogP contribution in [0.25, 0.3) is 27.7 Å². The van der Waals surface area contributed by atoms with E-state index in [1.165, 1.54) is 17.4 Å². The third-order valence-electron chi connectivity index (χ3n) is 4.73. The average molecular weight is 486 g/mol. The molecule has 0 unspecified atom stereocenters. The number of allylic oxidation sites excluding steroid dienone is 1. The maximum absolute atomic E-state index is 12.6. The highest BCUT2D eigenvalue weighted by Crippen LogP contribution is 2.37. The molecule has 1 amide bonds. The van der Waals surface area contributed by atoms with Gasteiger partial charge < -0.3 is 9.15 Å². The van der Waals surface area contributed by atoms with E-state index in [-0.39, 0.29) is 5.91 Å². The molecule has 9 heteroatoms. The number of benzene rings is 2. The maximum atomic E-state index is 12.6. The van der Waals surface area contributed by atoms with Gasteiger partial charge in [0.1, 0.15) is 11.3 Å². The number of rotatable bonds is 7. The fourth-order valence-corrected chi connectivity index (χ4v) is 5.02. The third-order valence-corrected chi connectivity index (χ3v) is 6.83. The summed E-state index contributed by atoms with van der Waals surface area (Å²) in [6.45, 7) is 3.91. The highest BCUT2D eigenvalue weighted by Gasteiger charge is 2.15. The van der Waals surface area contributed by atoms with Gasteiger partial charge in [0, 0.05) is 33.7 Å². The van der Waals surface area contributed by atoms with E-state index in [1.807, 2.05) is 50.2 Å². The summed E-state index contributed by atoms with van der Waals surface area (Å²) in [5, 5.41) is 12.9. The zero-order valence-electron chi connectivity index (χ0n) is 17.6. The molecule has 1 N–H and O–H groups in total. The van der Waals surface area contributed by atoms with E-state index in [4.69, 9.17) is 20.8 Å². The van der Waals surface area contributed by atoms with Gasteiger partial charge in [-0.15, -0.1) is 10.2 Å². The smallest absolute Gasteiger partial charge is 0.250 e. The lowest BCUT2D eigenvalue weighted by Gasteiger charge is -2.10. The first-order chi connectivity index (χ1) is 15.5. The molecule has 0 aliphatic heterocycles. The predicted octanol–water partition coefficient (Wildman–Crippen LogP) is 6.77. The minimum Gasteiger partial charge on any atom is -0.496 e. The van der Waals surface area contributed by atoms with Crippen LogP contribution in [0.2, 0.25) is 5.02 Å². The van der Waals surface area contributed by atoms with E-state index in [1.54, 1.807) is 25.1 Å². The number of anilines is 1. The Morgan fingerprint density at radius 2 is 2.06 bits per heavy atom. The number of halogens is 1. The van der Waals surface area contributed by atoms with Crippen molar-refractivity contribution in [2.75, 3.05) is 18.2 Å². The molecule has 32 heavy (non-hydrogen) atoms. The molecule has 0 fully saturated rings. The van der Waals surface area contributed by atoms with Crippen LogP contribution in [-0.4, -0.2) is 29.0 Å². The van der Waals surface area contributed by atoms with Gasteiger partial charge in [-0.1, -0.05) is 53.8 Å². The van der Waals surface area contributed by atoms with Crippen LogP contribution in [0.15, 0.2) is 57.5 Å². The van der Waals surface area contributed by atoms with Crippen molar-refractivity contribution >= 4 is 62.3 Å². The van der Waals surface area contributed by atoms with Crippen LogP contribution >= 0.6 is 34.7 Å². The molecular weight excluding hydrogens is 466 g/mol. The standard InChI is InChI=1S/C23H20ClN3O3S2/c1-4-31-23-27-26-22(32-23)25-21(28)9-13(2)16-10-17-18(14-5-7-15(24)8-6-14)12-30-20(17)11-19(16)29-3/h5-12H,4H2,1-3H3,(H,25,26,28)/b13-9+. The molecule has 2 aromatic heterocycles. The summed E-state index contributed by atoms with van der Waals surface area (Å²) >= 11 is 8.97. The highest BCUT2D eigenvalue weighted by atomic mass is 35.5. The second-order valence-electron chi connectivity index (χ2n) is 6.83. The van der Waals surface area contributed by atoms with Crippen LogP contribution in [0.3, 0.4) is 0 Å². The quantitative estimate of drug-likeness (QED) is 0.177. The summed E-state index contributed by atoms with van der Waals surface area (Å²) in [5.74, 6) is 1.24. The van der Waals surface area contributed by atoms with Crippen molar-refractivity contribution < 1.29 is 13.9 Å². The molecule has 0 bridgehead atoms. The summed E-state index contributed by atoms with van der Waals surface area (Å²) in [6, 6.07) is 11.4. The first kappa shape index (κ1) is 22.4. The van der Waals surface area contributed by atoms with Crippen LogP contribution in [0.4, 0.5) is 5.13 Å². The van der Waals surface area contributed by atoms with Gasteiger partial charge in [-0.2, -0.15) is 0 Å². The van der Waals surface area contributed by atoms with Crippen LogP contribution in [0.5, 0.6) is 5.75 Å². The van der Waals surface area contributed by atoms with Gasteiger partial charge in [-0.05, 0) is 42.0 Å². The Morgan fingerprint density at radius 1 is 1.28 bits per heavy atom. The van der Waals surface area contributed by atoms with Gasteiger partial charge in [0.2, 0.25) is 11.0 Å². The molecule has 2 aromatic carbocycles. The van der Waals surface area contributed by atoms with E-state index in [0.29, 0.717) is 21.5 Å². The van der Waals surface area contributed by atoms with E-state index < -0.39 is 0 Å². The molecule has 4 rings (SSSR count). The van der Waals surface area contributed by atoms with Crippen molar-refractivity contribution in [3.05, 3.63) is 59.3 Å². The largest absolute Gasteiger partial charge is 0.496 e. The zero-order valence-corrected chi connectivity index (χ0v) is 20.0. The Morgan fingerprint density at radius 3 is 2.78 bits per heavy atom. The molecule has 0 radical (unpaired) electrons. The summed E-state index contributed by atoms with van der Waals surface area (Å²) in [7, 11) is 1.59. The average Bonchev–Trinajstić information content (AvgIpc) is 3.39. The van der Waals surface area contributed by atoms with Gasteiger partial charge in [0.15, 0.2) is 4.34 Å². The van der Waals surface area contributed by atoms with Gasteiger partial charge >= 0.3 is 0 Å². The fourth-order valence-electron chi connectivity index (χ4n) is 3.24. The number of ether oxygens (including phenoxy) is 1. The monoisotopic (exact) mass is 485 g/mol. The summed E-state index contributed by atoms with van der Waals surface area (Å²) in [4.78, 5) is 12.6. The zero-order chi connectivity index (χ0) is 22.7. The lowest BCUT2D eigenvalue weighted by Crippen LogP contribution is -2.08. The molecule has 0 saturated heterocycles. The van der Waals surface area contributed by atoms with Crippen molar-refractivity contribution in [2.24, 2.45) is 0 Å². The normalized spacial score (nSPS) is 11.7. The Labute approximate surface area is 198 Å². The number of fused-ring (bicyclic) bond motifs is 1. The lowest BCUT2D eigenvalue weighted by atomic mass is 9.99. The van der Waals surface area contributed by atoms with Crippen LogP contribution < -0.4 is 10.1 Å². The number of carbonyl (C=O) groups is 1. The lowest BCUT2D eigenvalue weighted by molar-refractivity contribution is -0.111. The third kappa shape index (κ3) is 4.82. The molecule has 0 aliphatic carbocycles. The predicted molar refractivity (Wildman–Crippen MR) is 132 cm³/mol. The van der Waals surface area contributed by atoms with Crippen molar-refractivity contribution in [3.8, 4) is 16.9 Å². The first-order valence-corrected chi connectivity index (χ1v) is 12.0. The van der Waals surface area contributed by atoms with Gasteiger partial charge in [-0.25, -0.2) is 0 Å². The number of thioether (sulfide) groups is 1. The Kier molecular flexibility index (Phi) is 6.83. The van der Waals surface area contributed by atoms with E-state index in [9.17, 15) is 4.79 Å². The van der Waals surface area contributed by atoms with E-state index in [0.717, 1.165) is 37.7 Å². The van der Waals surface area contributed by atoms with Crippen molar-refractivity contribution in [1.29, 1.82) is 0 Å². The topological polar surface area (TPSA) is 77.3 Å². The van der Waals surface area contributed by atoms with E-state index in [2.05, 4.69) is 15.5 Å². The molecule has 0 aliphatic rings. The number of hydrogen-bond donors (Lipinski definition) is 1. The number of amides is 1. The highest BCUT2D eigenvalue weighted by molar-refractivity contribution is 8.01. The molecule has 0 saturated carbocycles. The van der Waals surface area contributed by atoms with Crippen molar-refractivity contribution in [1.82, 2.24) is 10.2 Å². The number of furan rings is 1. The molecule has 0 atom stereocenters. The number of methoxy groups -OCH3 is 1. The van der Waals surface area contributed by atoms with E-state index >= 15 is 0 Å². The Hall–Kier alpha value is -2.81. The second kappa shape index (κ2) is 9.77. The summed E-state index contributed by atoms with van der Waals surface area (Å²) in [6.07, 6.45) is 3.24. The van der Waals surface area contributed by atoms with Gasteiger partial charge in [0.25, 0.3) is 0 Å². The molecular formula is C23H20ClN3O3S2. The summed E-state index contributed by atoms with van der Waals surface area (Å²) < 4.78 is 12.2. The first-order valence-electron chi connectivity index (χ1n) is 9.79. The number of nitrogens with zero attached hydrogens (tertiary/aromatic N) is 2. The minimum absolute atomic E-state index is 0.279. The number of hydrogen-bond acceptors (Lipinski definition) is 7. The molecule has 2 heterocycles. The molecule has 0 spiro atoms. The van der Waals surface area contributed by atoms with Gasteiger partial charge in [0.05, 0.1) is 13.4 Å². The Balaban J connectivity index is 1.65. The number of nitrogens with one attached hydrogen (secondary N) is 1. The second-order valence-corrected chi connectivity index (χ2v) is 9.75. The van der Waals surface area contributed by atoms with Crippen LogP contribution in [-0.2, 0) is 4.79 Å². The molecule has 6 nitrogen and oxygen atoms in total. The van der Waals surface area contributed by atoms with Crippen LogP contribution in [0, 0.1) is 0 Å². The fraction of sp³-hybridized carbons (Fsp3) is 0.174. The number of aromatic nitrogens is 2. The molecule has 4 aromatic rings. The molecule has 164 valence electrons. The Bertz CT molecular complexity index is 1300. The SMILES string of the molecule is CCSc1nnc(NC(=O)/C=C(\C)c2cc3c(-c4ccc(Cl)cc4)coc3cc2OC)s1. The van der Waals surface area contributed by atoms with Crippen LogP contribution in [0.1, 0.15) is 19.4 Å². The number of carbonyl (C=O) groups excluding carboxylic acids is 1. The van der Waals surface area contributed by atoms with Gasteiger partial charge in [-0.3, -0.25) is 10.1 Å². The minimum atomic E-state index is -0.279. The summed E-state index contributed by atoms with van der Waals surface area (Å²) in [5.41, 5.74) is 4.17. The maximum Gasteiger partial charge on any atom is 0.250 e. The van der Waals surface area contributed by atoms with Crippen molar-refractivity contribution in [2.45, 2.75) is 18.2 Å². The van der Waals surface area contributed by atoms with Crippen molar-refractivity contribution in [3.63, 3.8) is 0 Å².